The molecule has 10 nitrogen and oxygen atoms in total. The minimum atomic E-state index is -3.97. The normalized spacial score (nSPS) is 13.6. The monoisotopic (exact) mass is 656 g/mol. The van der Waals surface area contributed by atoms with E-state index in [1.807, 2.05) is 24.3 Å². The summed E-state index contributed by atoms with van der Waals surface area (Å²) < 4.78 is 70.0. The largest absolute Gasteiger partial charge is 0.491 e. The van der Waals surface area contributed by atoms with Gasteiger partial charge in [0.2, 0.25) is 0 Å². The number of aliphatic hydroxyl groups is 2. The van der Waals surface area contributed by atoms with Crippen molar-refractivity contribution in [1.82, 2.24) is 0 Å². The van der Waals surface area contributed by atoms with Crippen LogP contribution >= 0.6 is 0 Å². The molecule has 0 bridgehead atoms. The third kappa shape index (κ3) is 9.60. The van der Waals surface area contributed by atoms with Crippen molar-refractivity contribution >= 4 is 20.2 Å². The molecule has 0 radical (unpaired) electrons. The molecule has 4 aromatic rings. The summed E-state index contributed by atoms with van der Waals surface area (Å²) in [6.07, 6.45) is -2.31. The van der Waals surface area contributed by atoms with E-state index in [1.165, 1.54) is 24.3 Å². The van der Waals surface area contributed by atoms with Gasteiger partial charge in [-0.2, -0.15) is 16.8 Å². The van der Waals surface area contributed by atoms with Crippen molar-refractivity contribution < 1.29 is 44.9 Å². The summed E-state index contributed by atoms with van der Waals surface area (Å²) in [7, 11) is -7.95. The van der Waals surface area contributed by atoms with E-state index in [0.29, 0.717) is 11.5 Å². The molecule has 2 N–H and O–H groups in total. The fourth-order valence-corrected chi connectivity index (χ4v) is 6.16. The Labute approximate surface area is 264 Å². The van der Waals surface area contributed by atoms with Gasteiger partial charge in [0.1, 0.15) is 36.9 Å². The van der Waals surface area contributed by atoms with Crippen LogP contribution in [-0.2, 0) is 34.0 Å². The van der Waals surface area contributed by atoms with Gasteiger partial charge in [0, 0.05) is 5.41 Å². The van der Waals surface area contributed by atoms with Crippen molar-refractivity contribution in [2.24, 2.45) is 0 Å². The lowest BCUT2D eigenvalue weighted by Crippen LogP contribution is -2.25. The van der Waals surface area contributed by atoms with Crippen molar-refractivity contribution in [3.05, 3.63) is 120 Å². The van der Waals surface area contributed by atoms with Gasteiger partial charge in [0.15, 0.2) is 0 Å². The molecule has 12 heteroatoms. The number of benzene rings is 4. The van der Waals surface area contributed by atoms with Gasteiger partial charge in [0.05, 0.1) is 23.0 Å². The second kappa shape index (κ2) is 15.0. The summed E-state index contributed by atoms with van der Waals surface area (Å²) in [6, 6.07) is 30.1. The molecule has 240 valence electrons. The average molecular weight is 657 g/mol. The molecule has 0 saturated heterocycles. The van der Waals surface area contributed by atoms with E-state index in [4.69, 9.17) is 17.8 Å². The zero-order valence-electron chi connectivity index (χ0n) is 24.9. The van der Waals surface area contributed by atoms with E-state index < -0.39 is 51.1 Å². The van der Waals surface area contributed by atoms with Crippen LogP contribution in [0.1, 0.15) is 25.0 Å². The van der Waals surface area contributed by atoms with E-state index in [1.54, 1.807) is 60.7 Å². The molecule has 4 rings (SSSR count). The maximum atomic E-state index is 12.2. The molecule has 0 spiro atoms. The van der Waals surface area contributed by atoms with E-state index in [0.717, 1.165) is 11.1 Å². The summed E-state index contributed by atoms with van der Waals surface area (Å²) in [5, 5.41) is 20.4. The van der Waals surface area contributed by atoms with Crippen molar-refractivity contribution in [1.29, 1.82) is 0 Å². The molecule has 0 aliphatic heterocycles. The Morgan fingerprint density at radius 2 is 0.867 bits per heavy atom. The Bertz CT molecular complexity index is 1580. The first-order chi connectivity index (χ1) is 21.4. The van der Waals surface area contributed by atoms with Crippen LogP contribution in [0.25, 0.3) is 0 Å². The Morgan fingerprint density at radius 1 is 0.533 bits per heavy atom. The van der Waals surface area contributed by atoms with Crippen molar-refractivity contribution in [3.8, 4) is 11.5 Å². The fourth-order valence-electron chi connectivity index (χ4n) is 4.23. The van der Waals surface area contributed by atoms with Crippen LogP contribution in [-0.4, -0.2) is 65.7 Å². The van der Waals surface area contributed by atoms with Crippen LogP contribution in [0.3, 0.4) is 0 Å². The minimum absolute atomic E-state index is 0.0112. The van der Waals surface area contributed by atoms with Gasteiger partial charge in [-0.05, 0) is 59.7 Å². The standard InChI is InChI=1S/C33H36O10S2/c1-33(2,25-13-17-29(18-14-25)40-21-27(34)23-42-44(36,37)31-9-5-3-6-10-31)26-15-19-30(20-16-26)41-22-28(35)24-43-45(38,39)32-11-7-4-8-12-32/h3-20,27-28,34-35H,21-24H2,1-2H3. The lowest BCUT2D eigenvalue weighted by molar-refractivity contribution is 0.0648. The molecule has 0 fully saturated rings. The molecule has 2 atom stereocenters. The number of aliphatic hydroxyl groups excluding tert-OH is 2. The predicted molar refractivity (Wildman–Crippen MR) is 167 cm³/mol. The van der Waals surface area contributed by atoms with Crippen LogP contribution in [0.15, 0.2) is 119 Å². The maximum Gasteiger partial charge on any atom is 0.297 e. The zero-order chi connectivity index (χ0) is 32.5. The van der Waals surface area contributed by atoms with Crippen molar-refractivity contribution in [2.75, 3.05) is 26.4 Å². The molecule has 4 aromatic carbocycles. The topological polar surface area (TPSA) is 146 Å². The number of rotatable bonds is 16. The van der Waals surface area contributed by atoms with E-state index in [-0.39, 0.29) is 23.0 Å². The molecule has 0 amide bonds. The Morgan fingerprint density at radius 3 is 1.20 bits per heavy atom. The van der Waals surface area contributed by atoms with E-state index in [2.05, 4.69) is 13.8 Å². The highest BCUT2D eigenvalue weighted by Crippen LogP contribution is 2.33. The summed E-state index contributed by atoms with van der Waals surface area (Å²) in [5.74, 6) is 1.00. The van der Waals surface area contributed by atoms with Crippen molar-refractivity contribution in [2.45, 2.75) is 41.3 Å². The van der Waals surface area contributed by atoms with E-state index in [9.17, 15) is 27.0 Å². The SMILES string of the molecule is CC(C)(c1ccc(OCC(O)COS(=O)(=O)c2ccccc2)cc1)c1ccc(OCC(O)COS(=O)(=O)c2ccccc2)cc1. The fraction of sp³-hybridized carbons (Fsp3) is 0.273. The Balaban J connectivity index is 1.24. The predicted octanol–water partition coefficient (Wildman–Crippen LogP) is 4.30. The maximum absolute atomic E-state index is 12.2. The first-order valence-electron chi connectivity index (χ1n) is 14.1. The molecular weight excluding hydrogens is 620 g/mol. The highest BCUT2D eigenvalue weighted by Gasteiger charge is 2.24. The quantitative estimate of drug-likeness (QED) is 0.167. The second-order valence-corrected chi connectivity index (χ2v) is 13.9. The molecule has 2 unspecified atom stereocenters. The summed E-state index contributed by atoms with van der Waals surface area (Å²) in [4.78, 5) is 0.0223. The second-order valence-electron chi connectivity index (χ2n) is 10.7. The smallest absolute Gasteiger partial charge is 0.297 e. The highest BCUT2D eigenvalue weighted by atomic mass is 32.2. The Hall–Kier alpha value is -3.78. The van der Waals surface area contributed by atoms with Crippen LogP contribution in [0.4, 0.5) is 0 Å². The van der Waals surface area contributed by atoms with Gasteiger partial charge in [-0.3, -0.25) is 8.37 Å². The van der Waals surface area contributed by atoms with Crippen LogP contribution in [0.5, 0.6) is 11.5 Å². The molecule has 45 heavy (non-hydrogen) atoms. The first kappa shape index (κ1) is 34.1. The molecule has 0 heterocycles. The third-order valence-corrected chi connectivity index (χ3v) is 9.52. The molecular formula is C33H36O10S2. The molecule has 0 aromatic heterocycles. The number of ether oxygens (including phenoxy) is 2. The lowest BCUT2D eigenvalue weighted by atomic mass is 9.78. The van der Waals surface area contributed by atoms with Gasteiger partial charge in [-0.1, -0.05) is 74.5 Å². The van der Waals surface area contributed by atoms with Crippen LogP contribution in [0, 0.1) is 0 Å². The minimum Gasteiger partial charge on any atom is -0.491 e. The number of hydrogen-bond acceptors (Lipinski definition) is 10. The third-order valence-electron chi connectivity index (χ3n) is 6.93. The van der Waals surface area contributed by atoms with Gasteiger partial charge in [0.25, 0.3) is 20.2 Å². The van der Waals surface area contributed by atoms with Gasteiger partial charge < -0.3 is 19.7 Å². The Kier molecular flexibility index (Phi) is 11.4. The number of hydrogen-bond donors (Lipinski definition) is 2. The molecule has 0 aliphatic rings. The first-order valence-corrected chi connectivity index (χ1v) is 16.9. The molecule has 0 saturated carbocycles. The van der Waals surface area contributed by atoms with Gasteiger partial charge >= 0.3 is 0 Å². The van der Waals surface area contributed by atoms with Crippen molar-refractivity contribution in [3.63, 3.8) is 0 Å². The summed E-state index contributed by atoms with van der Waals surface area (Å²) >= 11 is 0. The van der Waals surface area contributed by atoms with E-state index >= 15 is 0 Å². The van der Waals surface area contributed by atoms with Crippen LogP contribution < -0.4 is 9.47 Å². The zero-order valence-corrected chi connectivity index (χ0v) is 26.5. The average Bonchev–Trinajstić information content (AvgIpc) is 3.06. The summed E-state index contributed by atoms with van der Waals surface area (Å²) in [5.41, 5.74) is 1.59. The van der Waals surface area contributed by atoms with Crippen LogP contribution in [0.2, 0.25) is 0 Å². The lowest BCUT2D eigenvalue weighted by Gasteiger charge is -2.26. The highest BCUT2D eigenvalue weighted by molar-refractivity contribution is 7.87. The van der Waals surface area contributed by atoms with Gasteiger partial charge in [-0.25, -0.2) is 0 Å². The van der Waals surface area contributed by atoms with Gasteiger partial charge in [-0.15, -0.1) is 0 Å². The summed E-state index contributed by atoms with van der Waals surface area (Å²) in [6.45, 7) is 2.93. The molecule has 0 aliphatic carbocycles.